The van der Waals surface area contributed by atoms with Crippen LogP contribution in [-0.2, 0) is 4.79 Å². The standard InChI is InChI=1S/C16H13N5O/c1-11(22)20(2)13-6-3-5-12(9-13)15-14(10-17)16-18-7-4-8-21(16)19-15/h3-9H,1-2H3. The minimum absolute atomic E-state index is 0.0608. The number of rotatable bonds is 2. The van der Waals surface area contributed by atoms with Gasteiger partial charge in [-0.15, -0.1) is 0 Å². The normalized spacial score (nSPS) is 10.4. The van der Waals surface area contributed by atoms with Crippen molar-refractivity contribution in [2.24, 2.45) is 0 Å². The van der Waals surface area contributed by atoms with Crippen LogP contribution in [0.1, 0.15) is 12.5 Å². The number of nitrogens with zero attached hydrogens (tertiary/aromatic N) is 5. The molecule has 0 fully saturated rings. The van der Waals surface area contributed by atoms with E-state index in [1.54, 1.807) is 34.9 Å². The highest BCUT2D eigenvalue weighted by Gasteiger charge is 2.16. The second-order valence-electron chi connectivity index (χ2n) is 4.85. The summed E-state index contributed by atoms with van der Waals surface area (Å²) in [4.78, 5) is 17.2. The van der Waals surface area contributed by atoms with Crippen LogP contribution < -0.4 is 4.90 Å². The first-order valence-electron chi connectivity index (χ1n) is 6.70. The van der Waals surface area contributed by atoms with Gasteiger partial charge >= 0.3 is 0 Å². The zero-order valence-electron chi connectivity index (χ0n) is 12.2. The molecule has 0 aliphatic rings. The Hall–Kier alpha value is -3.20. The van der Waals surface area contributed by atoms with Gasteiger partial charge in [0.2, 0.25) is 5.91 Å². The number of hydrogen-bond acceptors (Lipinski definition) is 4. The molecule has 1 amide bonds. The van der Waals surface area contributed by atoms with E-state index in [2.05, 4.69) is 16.2 Å². The Morgan fingerprint density at radius 1 is 1.36 bits per heavy atom. The lowest BCUT2D eigenvalue weighted by Crippen LogP contribution is -2.22. The van der Waals surface area contributed by atoms with Gasteiger partial charge in [0.1, 0.15) is 17.3 Å². The lowest BCUT2D eigenvalue weighted by atomic mass is 10.1. The zero-order valence-corrected chi connectivity index (χ0v) is 12.2. The molecule has 0 aliphatic heterocycles. The first kappa shape index (κ1) is 13.8. The van der Waals surface area contributed by atoms with Gasteiger partial charge in [-0.3, -0.25) is 4.79 Å². The summed E-state index contributed by atoms with van der Waals surface area (Å²) in [6.07, 6.45) is 3.37. The first-order chi connectivity index (χ1) is 10.6. The van der Waals surface area contributed by atoms with Crippen LogP contribution in [0.25, 0.3) is 16.9 Å². The average Bonchev–Trinajstić information content (AvgIpc) is 2.92. The van der Waals surface area contributed by atoms with E-state index in [-0.39, 0.29) is 5.91 Å². The Morgan fingerprint density at radius 2 is 2.18 bits per heavy atom. The van der Waals surface area contributed by atoms with Crippen LogP contribution in [0.2, 0.25) is 0 Å². The average molecular weight is 291 g/mol. The van der Waals surface area contributed by atoms with Crippen molar-refractivity contribution in [3.05, 3.63) is 48.3 Å². The van der Waals surface area contributed by atoms with Crippen molar-refractivity contribution >= 4 is 17.2 Å². The minimum atomic E-state index is -0.0608. The molecule has 0 N–H and O–H groups in total. The summed E-state index contributed by atoms with van der Waals surface area (Å²) in [5.74, 6) is -0.0608. The highest BCUT2D eigenvalue weighted by atomic mass is 16.2. The Bertz CT molecular complexity index is 906. The molecule has 2 heterocycles. The Morgan fingerprint density at radius 3 is 2.91 bits per heavy atom. The fraction of sp³-hybridized carbons (Fsp3) is 0.125. The minimum Gasteiger partial charge on any atom is -0.316 e. The monoisotopic (exact) mass is 291 g/mol. The largest absolute Gasteiger partial charge is 0.316 e. The maximum absolute atomic E-state index is 11.5. The van der Waals surface area contributed by atoms with Gasteiger partial charge in [-0.05, 0) is 18.2 Å². The Kier molecular flexibility index (Phi) is 3.31. The van der Waals surface area contributed by atoms with E-state index in [4.69, 9.17) is 0 Å². The SMILES string of the molecule is CC(=O)N(C)c1cccc(-c2nn3cccnc3c2C#N)c1. The number of hydrogen-bond donors (Lipinski definition) is 0. The van der Waals surface area contributed by atoms with Crippen LogP contribution in [-0.4, -0.2) is 27.6 Å². The molecule has 3 aromatic rings. The van der Waals surface area contributed by atoms with Crippen LogP contribution >= 0.6 is 0 Å². The van der Waals surface area contributed by atoms with Crippen LogP contribution in [0.5, 0.6) is 0 Å². The van der Waals surface area contributed by atoms with Gasteiger partial charge in [0, 0.05) is 37.6 Å². The molecule has 6 nitrogen and oxygen atoms in total. The summed E-state index contributed by atoms with van der Waals surface area (Å²) in [6, 6.07) is 11.3. The first-order valence-corrected chi connectivity index (χ1v) is 6.70. The van der Waals surface area contributed by atoms with Gasteiger partial charge in [0.25, 0.3) is 0 Å². The van der Waals surface area contributed by atoms with Crippen molar-refractivity contribution < 1.29 is 4.79 Å². The molecule has 0 unspecified atom stereocenters. The zero-order chi connectivity index (χ0) is 15.7. The van der Waals surface area contributed by atoms with Crippen LogP contribution in [0.15, 0.2) is 42.7 Å². The predicted octanol–water partition coefficient (Wildman–Crippen LogP) is 2.25. The number of anilines is 1. The summed E-state index contributed by atoms with van der Waals surface area (Å²) >= 11 is 0. The van der Waals surface area contributed by atoms with E-state index in [0.717, 1.165) is 11.3 Å². The number of carbonyl (C=O) groups is 1. The predicted molar refractivity (Wildman–Crippen MR) is 82.2 cm³/mol. The van der Waals surface area contributed by atoms with E-state index in [9.17, 15) is 10.1 Å². The van der Waals surface area contributed by atoms with Crippen molar-refractivity contribution in [1.82, 2.24) is 14.6 Å². The second-order valence-corrected chi connectivity index (χ2v) is 4.85. The summed E-state index contributed by atoms with van der Waals surface area (Å²) in [5.41, 5.74) is 3.01. The number of nitriles is 1. The van der Waals surface area contributed by atoms with Crippen molar-refractivity contribution in [3.63, 3.8) is 0 Å². The van der Waals surface area contributed by atoms with Crippen molar-refractivity contribution in [1.29, 1.82) is 5.26 Å². The molecular formula is C16H13N5O. The smallest absolute Gasteiger partial charge is 0.223 e. The number of amides is 1. The van der Waals surface area contributed by atoms with E-state index < -0.39 is 0 Å². The van der Waals surface area contributed by atoms with Gasteiger partial charge in [0.15, 0.2) is 5.65 Å². The maximum Gasteiger partial charge on any atom is 0.223 e. The number of carbonyl (C=O) groups excluding carboxylic acids is 1. The molecule has 0 atom stereocenters. The molecule has 1 aromatic carbocycles. The topological polar surface area (TPSA) is 74.3 Å². The molecule has 2 aromatic heterocycles. The quantitative estimate of drug-likeness (QED) is 0.725. The third kappa shape index (κ3) is 2.19. The highest BCUT2D eigenvalue weighted by Crippen LogP contribution is 2.27. The second kappa shape index (κ2) is 5.30. The maximum atomic E-state index is 11.5. The summed E-state index contributed by atoms with van der Waals surface area (Å²) < 4.78 is 1.58. The molecule has 0 radical (unpaired) electrons. The van der Waals surface area contributed by atoms with Gasteiger partial charge < -0.3 is 4.90 Å². The van der Waals surface area contributed by atoms with Gasteiger partial charge in [-0.1, -0.05) is 12.1 Å². The number of fused-ring (bicyclic) bond motifs is 1. The van der Waals surface area contributed by atoms with Gasteiger partial charge in [-0.2, -0.15) is 10.4 Å². The third-order valence-corrected chi connectivity index (χ3v) is 3.49. The molecule has 22 heavy (non-hydrogen) atoms. The molecule has 0 aliphatic carbocycles. The molecule has 6 heteroatoms. The summed E-state index contributed by atoms with van der Waals surface area (Å²) in [7, 11) is 1.71. The molecular weight excluding hydrogens is 278 g/mol. The summed E-state index contributed by atoms with van der Waals surface area (Å²) in [6.45, 7) is 1.50. The molecule has 3 rings (SSSR count). The molecule has 0 spiro atoms. The van der Waals surface area contributed by atoms with Crippen LogP contribution in [0, 0.1) is 11.3 Å². The summed E-state index contributed by atoms with van der Waals surface area (Å²) in [5, 5.41) is 13.9. The lowest BCUT2D eigenvalue weighted by molar-refractivity contribution is -0.116. The van der Waals surface area contributed by atoms with E-state index in [1.807, 2.05) is 24.3 Å². The fourth-order valence-electron chi connectivity index (χ4n) is 2.24. The molecule has 0 saturated carbocycles. The van der Waals surface area contributed by atoms with E-state index >= 15 is 0 Å². The fourth-order valence-corrected chi connectivity index (χ4v) is 2.24. The van der Waals surface area contributed by atoms with Gasteiger partial charge in [0.05, 0.1) is 0 Å². The van der Waals surface area contributed by atoms with E-state index in [1.165, 1.54) is 6.92 Å². The number of benzene rings is 1. The van der Waals surface area contributed by atoms with Gasteiger partial charge in [-0.25, -0.2) is 9.50 Å². The van der Waals surface area contributed by atoms with Crippen molar-refractivity contribution in [2.75, 3.05) is 11.9 Å². The van der Waals surface area contributed by atoms with E-state index in [0.29, 0.717) is 16.9 Å². The van der Waals surface area contributed by atoms with Crippen molar-refractivity contribution in [2.45, 2.75) is 6.92 Å². The van der Waals surface area contributed by atoms with Crippen LogP contribution in [0.4, 0.5) is 5.69 Å². The Labute approximate surface area is 127 Å². The molecule has 0 bridgehead atoms. The Balaban J connectivity index is 2.18. The van der Waals surface area contributed by atoms with Crippen molar-refractivity contribution in [3.8, 4) is 17.3 Å². The highest BCUT2D eigenvalue weighted by molar-refractivity contribution is 5.91. The molecule has 0 saturated heterocycles. The number of aromatic nitrogens is 3. The lowest BCUT2D eigenvalue weighted by Gasteiger charge is -2.15. The third-order valence-electron chi connectivity index (χ3n) is 3.49. The molecule has 108 valence electrons. The van der Waals surface area contributed by atoms with Crippen LogP contribution in [0.3, 0.4) is 0 Å².